The molecule has 0 aromatic heterocycles. The summed E-state index contributed by atoms with van der Waals surface area (Å²) in [5, 5.41) is 0. The second-order valence-electron chi connectivity index (χ2n) is 3.49. The normalized spacial score (nSPS) is 12.0. The van der Waals surface area contributed by atoms with Crippen LogP contribution in [0.25, 0.3) is 0 Å². The summed E-state index contributed by atoms with van der Waals surface area (Å²) >= 11 is 9.20. The molecule has 0 bridgehead atoms. The molecule has 0 aromatic rings. The first-order valence-electron chi connectivity index (χ1n) is 5.13. The molecule has 0 nitrogen and oxygen atoms in total. The number of rotatable bonds is 8. The first kappa shape index (κ1) is 15.2. The van der Waals surface area contributed by atoms with Crippen LogP contribution in [0.3, 0.4) is 0 Å². The Hall–Kier alpha value is 2.24. The van der Waals surface area contributed by atoms with Gasteiger partial charge in [0.1, 0.15) is 0 Å². The summed E-state index contributed by atoms with van der Waals surface area (Å²) in [6.07, 6.45) is 9.84. The molecule has 0 aliphatic heterocycles. The molecular weight excluding hydrogens is 467 g/mol. The standard InChI is InChI=1S/C9H19.3BrH.Sn/c1-3-5-7-9-8-6-4-2;;;;/h1,3-9H2,2H3;3*1H;/q;;;;+3/p-3. The molecule has 0 amide bonds. The molecule has 0 aromatic carbocycles. The summed E-state index contributed by atoms with van der Waals surface area (Å²) in [5.41, 5.74) is 0. The van der Waals surface area contributed by atoms with Crippen molar-refractivity contribution >= 4 is 49.8 Å². The molecular formula is C9H19Br3Sn. The zero-order valence-corrected chi connectivity index (χ0v) is 15.9. The van der Waals surface area contributed by atoms with E-state index in [-0.39, 0.29) is 0 Å². The van der Waals surface area contributed by atoms with Gasteiger partial charge < -0.3 is 0 Å². The van der Waals surface area contributed by atoms with E-state index in [1.165, 1.54) is 49.4 Å². The van der Waals surface area contributed by atoms with Crippen molar-refractivity contribution in [3.8, 4) is 0 Å². The van der Waals surface area contributed by atoms with Crippen LogP contribution in [-0.4, -0.2) is 11.7 Å². The number of hydrogen-bond acceptors (Lipinski definition) is 0. The van der Waals surface area contributed by atoms with E-state index in [0.717, 1.165) is 0 Å². The molecule has 0 aliphatic carbocycles. The average Bonchev–Trinajstić information content (AvgIpc) is 2.01. The molecule has 0 atom stereocenters. The number of hydrogen-bond donors (Lipinski definition) is 0. The quantitative estimate of drug-likeness (QED) is 0.298. The molecule has 0 rings (SSSR count). The van der Waals surface area contributed by atoms with Gasteiger partial charge in [0.2, 0.25) is 0 Å². The van der Waals surface area contributed by atoms with Crippen molar-refractivity contribution in [2.75, 3.05) is 0 Å². The van der Waals surface area contributed by atoms with Crippen LogP contribution in [0.2, 0.25) is 4.44 Å². The Balaban J connectivity index is 3.00. The van der Waals surface area contributed by atoms with Crippen molar-refractivity contribution in [1.82, 2.24) is 0 Å². The Morgan fingerprint density at radius 1 is 0.769 bits per heavy atom. The van der Waals surface area contributed by atoms with E-state index < -0.39 is 11.7 Å². The SMILES string of the molecule is CCCCCCCC[CH2][Sn]([Br])([Br])[Br]. The van der Waals surface area contributed by atoms with Crippen LogP contribution in [0.15, 0.2) is 0 Å². The predicted octanol–water partition coefficient (Wildman–Crippen LogP) is 5.86. The zero-order chi connectivity index (χ0) is 10.2. The second kappa shape index (κ2) is 9.46. The minimum atomic E-state index is -1.95. The molecule has 0 aliphatic rings. The maximum absolute atomic E-state index is 3.72. The second-order valence-corrected chi connectivity index (χ2v) is 57.1. The monoisotopic (exact) mass is 484 g/mol. The van der Waals surface area contributed by atoms with E-state index in [9.17, 15) is 0 Å². The van der Waals surface area contributed by atoms with Crippen LogP contribution in [0.4, 0.5) is 0 Å². The van der Waals surface area contributed by atoms with Crippen LogP contribution >= 0.6 is 38.1 Å². The third kappa shape index (κ3) is 14.2. The molecule has 0 fully saturated rings. The Kier molecular flexibility index (Phi) is 11.1. The van der Waals surface area contributed by atoms with Crippen LogP contribution in [0.5, 0.6) is 0 Å². The van der Waals surface area contributed by atoms with E-state index >= 15 is 0 Å². The molecule has 0 N–H and O–H groups in total. The van der Waals surface area contributed by atoms with Crippen molar-refractivity contribution in [3.63, 3.8) is 0 Å². The Labute approximate surface area is 105 Å². The van der Waals surface area contributed by atoms with E-state index in [1.54, 1.807) is 0 Å². The van der Waals surface area contributed by atoms with Crippen LogP contribution in [0.1, 0.15) is 51.9 Å². The van der Waals surface area contributed by atoms with Gasteiger partial charge in [-0.3, -0.25) is 0 Å². The summed E-state index contributed by atoms with van der Waals surface area (Å²) in [6, 6.07) is 0. The van der Waals surface area contributed by atoms with Crippen molar-refractivity contribution in [3.05, 3.63) is 0 Å². The van der Waals surface area contributed by atoms with Gasteiger partial charge in [-0.25, -0.2) is 0 Å². The van der Waals surface area contributed by atoms with Crippen LogP contribution < -0.4 is 0 Å². The molecule has 0 saturated carbocycles. The summed E-state index contributed by atoms with van der Waals surface area (Å²) in [4.78, 5) is 0. The van der Waals surface area contributed by atoms with Crippen molar-refractivity contribution in [1.29, 1.82) is 0 Å². The zero-order valence-electron chi connectivity index (χ0n) is 8.29. The van der Waals surface area contributed by atoms with Gasteiger partial charge in [0.25, 0.3) is 0 Å². The fourth-order valence-corrected chi connectivity index (χ4v) is 8.78. The van der Waals surface area contributed by atoms with Gasteiger partial charge in [0, 0.05) is 0 Å². The first-order valence-corrected chi connectivity index (χ1v) is 26.3. The van der Waals surface area contributed by atoms with Crippen LogP contribution in [0, 0.1) is 0 Å². The van der Waals surface area contributed by atoms with Gasteiger partial charge in [-0.1, -0.05) is 0 Å². The third-order valence-electron chi connectivity index (χ3n) is 2.06. The van der Waals surface area contributed by atoms with E-state index in [0.29, 0.717) is 0 Å². The number of halogens is 3. The maximum atomic E-state index is 3.72. The van der Waals surface area contributed by atoms with Gasteiger partial charge in [-0.15, -0.1) is 0 Å². The summed E-state index contributed by atoms with van der Waals surface area (Å²) in [5.74, 6) is 0. The van der Waals surface area contributed by atoms with Gasteiger partial charge in [-0.2, -0.15) is 0 Å². The van der Waals surface area contributed by atoms with Crippen molar-refractivity contribution in [2.45, 2.75) is 56.3 Å². The van der Waals surface area contributed by atoms with E-state index in [4.69, 9.17) is 0 Å². The Bertz CT molecular complexity index is 112. The Morgan fingerprint density at radius 2 is 1.23 bits per heavy atom. The van der Waals surface area contributed by atoms with Crippen LogP contribution in [-0.2, 0) is 0 Å². The van der Waals surface area contributed by atoms with Gasteiger partial charge in [-0.05, 0) is 0 Å². The molecule has 0 spiro atoms. The average molecular weight is 486 g/mol. The van der Waals surface area contributed by atoms with E-state index in [1.807, 2.05) is 0 Å². The predicted molar refractivity (Wildman–Crippen MR) is 75.3 cm³/mol. The summed E-state index contributed by atoms with van der Waals surface area (Å²) in [7, 11) is 0. The molecule has 0 saturated heterocycles. The molecule has 80 valence electrons. The minimum absolute atomic E-state index is 1.35. The molecule has 4 heteroatoms. The van der Waals surface area contributed by atoms with Gasteiger partial charge in [0.15, 0.2) is 0 Å². The third-order valence-corrected chi connectivity index (χ3v) is 12.7. The fraction of sp³-hybridized carbons (Fsp3) is 1.00. The van der Waals surface area contributed by atoms with Gasteiger partial charge >= 0.3 is 106 Å². The van der Waals surface area contributed by atoms with E-state index in [2.05, 4.69) is 45.0 Å². The molecule has 0 unspecified atom stereocenters. The molecule has 0 radical (unpaired) electrons. The molecule has 13 heavy (non-hydrogen) atoms. The molecule has 0 heterocycles. The summed E-state index contributed by atoms with van der Waals surface area (Å²) in [6.45, 7) is 2.27. The van der Waals surface area contributed by atoms with Gasteiger partial charge in [0.05, 0.1) is 0 Å². The Morgan fingerprint density at radius 3 is 1.69 bits per heavy atom. The fourth-order valence-electron chi connectivity index (χ4n) is 1.28. The first-order chi connectivity index (χ1) is 6.06. The summed E-state index contributed by atoms with van der Waals surface area (Å²) < 4.78 is 1.35. The van der Waals surface area contributed by atoms with Crippen molar-refractivity contribution < 1.29 is 0 Å². The number of unbranched alkanes of at least 4 members (excludes halogenated alkanes) is 6. The van der Waals surface area contributed by atoms with Crippen molar-refractivity contribution in [2.24, 2.45) is 0 Å². The topological polar surface area (TPSA) is 0 Å².